The first-order valence-electron chi connectivity index (χ1n) is 9.06. The van der Waals surface area contributed by atoms with Crippen LogP contribution in [0.3, 0.4) is 0 Å². The molecule has 4 rings (SSSR count). The van der Waals surface area contributed by atoms with Gasteiger partial charge in [0.2, 0.25) is 0 Å². The standard InChI is InChI=1S/C22H21FN2O/c23-20-9-4-7-18(15-20)22(26)25-13-11-24(12-14-25)16-19-8-3-6-17-5-1-2-10-21(17)19/h1-10,15H,11-14,16H2/p+1. The fourth-order valence-electron chi connectivity index (χ4n) is 3.72. The quantitative estimate of drug-likeness (QED) is 0.772. The number of quaternary nitrogens is 1. The largest absolute Gasteiger partial charge is 0.328 e. The van der Waals surface area contributed by atoms with Gasteiger partial charge in [-0.05, 0) is 29.0 Å². The minimum Gasteiger partial charge on any atom is -0.328 e. The third kappa shape index (κ3) is 3.46. The van der Waals surface area contributed by atoms with E-state index >= 15 is 0 Å². The van der Waals surface area contributed by atoms with Crippen molar-refractivity contribution in [2.24, 2.45) is 0 Å². The van der Waals surface area contributed by atoms with Gasteiger partial charge >= 0.3 is 0 Å². The first-order chi connectivity index (χ1) is 12.7. The number of hydrogen-bond acceptors (Lipinski definition) is 1. The number of benzene rings is 3. The molecule has 1 aliphatic heterocycles. The summed E-state index contributed by atoms with van der Waals surface area (Å²) < 4.78 is 13.4. The Labute approximate surface area is 152 Å². The van der Waals surface area contributed by atoms with Crippen LogP contribution in [0.5, 0.6) is 0 Å². The molecule has 132 valence electrons. The Hall–Kier alpha value is -2.72. The molecule has 4 heteroatoms. The fraction of sp³-hybridized carbons (Fsp3) is 0.227. The average Bonchev–Trinajstić information content (AvgIpc) is 2.68. The molecule has 0 bridgehead atoms. The van der Waals surface area contributed by atoms with Gasteiger partial charge in [-0.3, -0.25) is 4.79 Å². The summed E-state index contributed by atoms with van der Waals surface area (Å²) in [5.41, 5.74) is 1.78. The molecule has 0 spiro atoms. The van der Waals surface area contributed by atoms with E-state index in [2.05, 4.69) is 42.5 Å². The van der Waals surface area contributed by atoms with Crippen molar-refractivity contribution in [1.29, 1.82) is 0 Å². The summed E-state index contributed by atoms with van der Waals surface area (Å²) in [6.45, 7) is 4.18. The van der Waals surface area contributed by atoms with Crippen molar-refractivity contribution in [3.05, 3.63) is 83.7 Å². The SMILES string of the molecule is O=C(c1cccc(F)c1)N1CC[NH+](Cc2cccc3ccccc23)CC1. The van der Waals surface area contributed by atoms with E-state index in [4.69, 9.17) is 0 Å². The molecule has 1 saturated heterocycles. The van der Waals surface area contributed by atoms with Crippen LogP contribution in [-0.4, -0.2) is 37.0 Å². The van der Waals surface area contributed by atoms with Crippen LogP contribution in [0.25, 0.3) is 10.8 Å². The molecule has 0 saturated carbocycles. The van der Waals surface area contributed by atoms with Crippen molar-refractivity contribution in [2.45, 2.75) is 6.54 Å². The second-order valence-corrected chi connectivity index (χ2v) is 6.87. The van der Waals surface area contributed by atoms with Crippen LogP contribution in [0.1, 0.15) is 15.9 Å². The molecule has 3 aromatic rings. The maximum atomic E-state index is 13.4. The maximum absolute atomic E-state index is 13.4. The van der Waals surface area contributed by atoms with Crippen LogP contribution >= 0.6 is 0 Å². The number of amides is 1. The number of piperazine rings is 1. The Bertz CT molecular complexity index is 927. The summed E-state index contributed by atoms with van der Waals surface area (Å²) in [5, 5.41) is 2.57. The van der Waals surface area contributed by atoms with E-state index in [0.717, 1.165) is 19.6 Å². The van der Waals surface area contributed by atoms with Crippen LogP contribution < -0.4 is 4.90 Å². The Kier molecular flexibility index (Phi) is 4.67. The van der Waals surface area contributed by atoms with Gasteiger partial charge in [0.1, 0.15) is 12.4 Å². The van der Waals surface area contributed by atoms with Gasteiger partial charge in [0.25, 0.3) is 5.91 Å². The van der Waals surface area contributed by atoms with Gasteiger partial charge in [-0.2, -0.15) is 0 Å². The zero-order valence-electron chi connectivity index (χ0n) is 14.6. The second kappa shape index (κ2) is 7.26. The molecule has 3 nitrogen and oxygen atoms in total. The third-order valence-electron chi connectivity index (χ3n) is 5.15. The van der Waals surface area contributed by atoms with Gasteiger partial charge in [0, 0.05) is 11.1 Å². The first kappa shape index (κ1) is 16.7. The second-order valence-electron chi connectivity index (χ2n) is 6.87. The summed E-state index contributed by atoms with van der Waals surface area (Å²) in [6.07, 6.45) is 0. The Balaban J connectivity index is 1.41. The predicted molar refractivity (Wildman–Crippen MR) is 101 cm³/mol. The molecule has 0 aliphatic carbocycles. The summed E-state index contributed by atoms with van der Waals surface area (Å²) in [5.74, 6) is -0.440. The van der Waals surface area contributed by atoms with Gasteiger partial charge in [0.15, 0.2) is 0 Å². The van der Waals surface area contributed by atoms with E-state index in [9.17, 15) is 9.18 Å². The predicted octanol–water partition coefficient (Wildman–Crippen LogP) is 2.52. The number of rotatable bonds is 3. The van der Waals surface area contributed by atoms with E-state index < -0.39 is 0 Å². The summed E-state index contributed by atoms with van der Waals surface area (Å²) in [7, 11) is 0. The lowest BCUT2D eigenvalue weighted by atomic mass is 10.0. The highest BCUT2D eigenvalue weighted by molar-refractivity contribution is 5.94. The molecule has 1 aliphatic rings. The minimum absolute atomic E-state index is 0.0753. The van der Waals surface area contributed by atoms with Crippen molar-refractivity contribution < 1.29 is 14.1 Å². The molecular formula is C22H22FN2O+. The van der Waals surface area contributed by atoms with Crippen molar-refractivity contribution in [3.8, 4) is 0 Å². The highest BCUT2D eigenvalue weighted by Gasteiger charge is 2.25. The smallest absolute Gasteiger partial charge is 0.254 e. The van der Waals surface area contributed by atoms with E-state index in [1.54, 1.807) is 12.1 Å². The molecule has 1 fully saturated rings. The third-order valence-corrected chi connectivity index (χ3v) is 5.15. The lowest BCUT2D eigenvalue weighted by Gasteiger charge is -2.32. The van der Waals surface area contributed by atoms with Gasteiger partial charge in [-0.25, -0.2) is 4.39 Å². The average molecular weight is 349 g/mol. The van der Waals surface area contributed by atoms with Crippen LogP contribution in [0, 0.1) is 5.82 Å². The van der Waals surface area contributed by atoms with Gasteiger partial charge in [0.05, 0.1) is 26.2 Å². The fourth-order valence-corrected chi connectivity index (χ4v) is 3.72. The number of halogens is 1. The van der Waals surface area contributed by atoms with Gasteiger partial charge in [-0.15, -0.1) is 0 Å². The maximum Gasteiger partial charge on any atom is 0.254 e. The Morgan fingerprint density at radius 1 is 0.962 bits per heavy atom. The van der Waals surface area contributed by atoms with Crippen molar-refractivity contribution in [3.63, 3.8) is 0 Å². The number of carbonyl (C=O) groups excluding carboxylic acids is 1. The Morgan fingerprint density at radius 3 is 2.50 bits per heavy atom. The highest BCUT2D eigenvalue weighted by atomic mass is 19.1. The monoisotopic (exact) mass is 349 g/mol. The minimum atomic E-state index is -0.365. The molecule has 1 N–H and O–H groups in total. The van der Waals surface area contributed by atoms with Crippen LogP contribution in [-0.2, 0) is 6.54 Å². The van der Waals surface area contributed by atoms with Crippen LogP contribution in [0.2, 0.25) is 0 Å². The number of nitrogens with one attached hydrogen (secondary N) is 1. The molecule has 1 amide bonds. The van der Waals surface area contributed by atoms with Crippen molar-refractivity contribution in [1.82, 2.24) is 4.90 Å². The molecule has 0 atom stereocenters. The van der Waals surface area contributed by atoms with Crippen molar-refractivity contribution >= 4 is 16.7 Å². The van der Waals surface area contributed by atoms with Gasteiger partial charge < -0.3 is 9.80 Å². The molecule has 0 unspecified atom stereocenters. The highest BCUT2D eigenvalue weighted by Crippen LogP contribution is 2.17. The zero-order chi connectivity index (χ0) is 17.9. The molecule has 0 radical (unpaired) electrons. The molecule has 1 heterocycles. The number of fused-ring (bicyclic) bond motifs is 1. The summed E-state index contributed by atoms with van der Waals surface area (Å²) >= 11 is 0. The first-order valence-corrected chi connectivity index (χ1v) is 9.06. The molecule has 3 aromatic carbocycles. The van der Waals surface area contributed by atoms with E-state index in [-0.39, 0.29) is 11.7 Å². The van der Waals surface area contributed by atoms with Crippen LogP contribution in [0.4, 0.5) is 4.39 Å². The van der Waals surface area contributed by atoms with E-state index in [1.165, 1.54) is 33.4 Å². The number of nitrogens with zero attached hydrogens (tertiary/aromatic N) is 1. The number of hydrogen-bond donors (Lipinski definition) is 1. The summed E-state index contributed by atoms with van der Waals surface area (Å²) in [4.78, 5) is 15.9. The topological polar surface area (TPSA) is 24.8 Å². The van der Waals surface area contributed by atoms with Gasteiger partial charge in [-0.1, -0.05) is 48.5 Å². The normalized spacial score (nSPS) is 15.3. The van der Waals surface area contributed by atoms with Crippen molar-refractivity contribution in [2.75, 3.05) is 26.2 Å². The molecule has 26 heavy (non-hydrogen) atoms. The van der Waals surface area contributed by atoms with E-state index in [1.807, 2.05) is 4.90 Å². The summed E-state index contributed by atoms with van der Waals surface area (Å²) in [6, 6.07) is 20.9. The molecule has 0 aromatic heterocycles. The lowest BCUT2D eigenvalue weighted by Crippen LogP contribution is -3.13. The van der Waals surface area contributed by atoms with Crippen LogP contribution in [0.15, 0.2) is 66.7 Å². The number of carbonyl (C=O) groups is 1. The zero-order valence-corrected chi connectivity index (χ0v) is 14.6. The Morgan fingerprint density at radius 2 is 1.69 bits per heavy atom. The molecular weight excluding hydrogens is 327 g/mol. The van der Waals surface area contributed by atoms with E-state index in [0.29, 0.717) is 18.7 Å². The lowest BCUT2D eigenvalue weighted by molar-refractivity contribution is -0.917.